The molecule has 96 valence electrons. The van der Waals surface area contributed by atoms with Crippen molar-refractivity contribution in [3.05, 3.63) is 0 Å². The van der Waals surface area contributed by atoms with E-state index in [-0.39, 0.29) is 29.1 Å². The number of Topliss-reactive ketones (excluding diaryl/α,β-unsaturated/α-hetero) is 1. The third kappa shape index (κ3) is 1.71. The van der Waals surface area contributed by atoms with Crippen LogP contribution in [0.4, 0.5) is 0 Å². The van der Waals surface area contributed by atoms with E-state index in [0.29, 0.717) is 11.8 Å². The standard InChI is InChI=1S/C14H23NO2/c1-8(2)13(17)15-7-10-6-11(14(10,4)5)12(15)9(3)16/h8,10-12H,6-7H2,1-5H3. The molecule has 2 saturated heterocycles. The first-order valence-electron chi connectivity index (χ1n) is 6.57. The molecular weight excluding hydrogens is 214 g/mol. The van der Waals surface area contributed by atoms with E-state index in [1.165, 1.54) is 0 Å². The first kappa shape index (κ1) is 12.6. The molecule has 0 radical (unpaired) electrons. The minimum absolute atomic E-state index is 0.0162. The van der Waals surface area contributed by atoms with Crippen molar-refractivity contribution >= 4 is 11.7 Å². The van der Waals surface area contributed by atoms with E-state index in [9.17, 15) is 9.59 Å². The van der Waals surface area contributed by atoms with Gasteiger partial charge in [0.05, 0.1) is 6.04 Å². The van der Waals surface area contributed by atoms with Crippen molar-refractivity contribution in [3.63, 3.8) is 0 Å². The van der Waals surface area contributed by atoms with Gasteiger partial charge < -0.3 is 4.90 Å². The van der Waals surface area contributed by atoms with Gasteiger partial charge >= 0.3 is 0 Å². The minimum atomic E-state index is -0.176. The van der Waals surface area contributed by atoms with Gasteiger partial charge in [0.25, 0.3) is 0 Å². The lowest BCUT2D eigenvalue weighted by Gasteiger charge is -2.63. The molecule has 3 aliphatic rings. The van der Waals surface area contributed by atoms with Crippen molar-refractivity contribution in [1.82, 2.24) is 4.90 Å². The van der Waals surface area contributed by atoms with Gasteiger partial charge in [-0.3, -0.25) is 9.59 Å². The first-order valence-corrected chi connectivity index (χ1v) is 6.57. The number of rotatable bonds is 2. The Morgan fingerprint density at radius 3 is 2.29 bits per heavy atom. The van der Waals surface area contributed by atoms with Gasteiger partial charge in [-0.25, -0.2) is 0 Å². The summed E-state index contributed by atoms with van der Waals surface area (Å²) in [7, 11) is 0. The Labute approximate surface area is 104 Å². The molecule has 0 aromatic rings. The van der Waals surface area contributed by atoms with Crippen LogP contribution in [0.2, 0.25) is 0 Å². The van der Waals surface area contributed by atoms with E-state index in [0.717, 1.165) is 13.0 Å². The van der Waals surface area contributed by atoms with Crippen LogP contribution in [0, 0.1) is 23.2 Å². The molecule has 2 bridgehead atoms. The molecule has 0 spiro atoms. The molecule has 0 aromatic heterocycles. The third-order valence-electron chi connectivity index (χ3n) is 4.87. The zero-order chi connectivity index (χ0) is 13.0. The Bertz CT molecular complexity index is 359. The van der Waals surface area contributed by atoms with Gasteiger partial charge in [0, 0.05) is 12.5 Å². The number of carbonyl (C=O) groups is 2. The van der Waals surface area contributed by atoms with Gasteiger partial charge in [0.15, 0.2) is 5.78 Å². The van der Waals surface area contributed by atoms with Crippen LogP contribution >= 0.6 is 0 Å². The van der Waals surface area contributed by atoms with Crippen molar-refractivity contribution in [2.45, 2.75) is 47.1 Å². The summed E-state index contributed by atoms with van der Waals surface area (Å²) in [4.78, 5) is 25.9. The molecule has 3 rings (SSSR count). The second-order valence-electron chi connectivity index (χ2n) is 6.56. The third-order valence-corrected chi connectivity index (χ3v) is 4.87. The molecule has 3 atom stereocenters. The predicted molar refractivity (Wildman–Crippen MR) is 66.4 cm³/mol. The summed E-state index contributed by atoms with van der Waals surface area (Å²) in [6, 6.07) is -0.176. The SMILES string of the molecule is CC(=O)C1C2CC(CN1C(=O)C(C)C)C2(C)C. The average molecular weight is 237 g/mol. The van der Waals surface area contributed by atoms with Crippen LogP contribution in [0.3, 0.4) is 0 Å². The highest BCUT2D eigenvalue weighted by atomic mass is 16.2. The molecule has 0 N–H and O–H groups in total. The van der Waals surface area contributed by atoms with Crippen LogP contribution in [0.15, 0.2) is 0 Å². The summed E-state index contributed by atoms with van der Waals surface area (Å²) in [6.07, 6.45) is 1.11. The van der Waals surface area contributed by atoms with Crippen LogP contribution in [0.1, 0.15) is 41.0 Å². The fourth-order valence-corrected chi connectivity index (χ4v) is 3.53. The fraction of sp³-hybridized carbons (Fsp3) is 0.857. The lowest BCUT2D eigenvalue weighted by Crippen LogP contribution is -2.68. The van der Waals surface area contributed by atoms with E-state index in [4.69, 9.17) is 0 Å². The Morgan fingerprint density at radius 1 is 1.29 bits per heavy atom. The number of hydrogen-bond acceptors (Lipinski definition) is 2. The number of amides is 1. The molecule has 2 aliphatic heterocycles. The highest BCUT2D eigenvalue weighted by Crippen LogP contribution is 2.57. The Morgan fingerprint density at radius 2 is 1.88 bits per heavy atom. The summed E-state index contributed by atoms with van der Waals surface area (Å²) < 4.78 is 0. The highest BCUT2D eigenvalue weighted by Gasteiger charge is 2.59. The monoisotopic (exact) mass is 237 g/mol. The second kappa shape index (κ2) is 3.82. The normalized spacial score (nSPS) is 34.5. The van der Waals surface area contributed by atoms with Gasteiger partial charge in [-0.05, 0) is 30.6 Å². The Kier molecular flexibility index (Phi) is 2.83. The molecule has 3 heteroatoms. The van der Waals surface area contributed by atoms with E-state index in [1.54, 1.807) is 6.92 Å². The van der Waals surface area contributed by atoms with Gasteiger partial charge in [-0.2, -0.15) is 0 Å². The van der Waals surface area contributed by atoms with Crippen LogP contribution in [-0.2, 0) is 9.59 Å². The predicted octanol–water partition coefficient (Wildman–Crippen LogP) is 2.10. The molecule has 1 saturated carbocycles. The fourth-order valence-electron chi connectivity index (χ4n) is 3.53. The van der Waals surface area contributed by atoms with E-state index in [2.05, 4.69) is 13.8 Å². The molecule has 3 unspecified atom stereocenters. The van der Waals surface area contributed by atoms with E-state index in [1.807, 2.05) is 18.7 Å². The van der Waals surface area contributed by atoms with Gasteiger partial charge in [-0.1, -0.05) is 27.7 Å². The maximum atomic E-state index is 12.2. The summed E-state index contributed by atoms with van der Waals surface area (Å²) in [6.45, 7) is 10.7. The van der Waals surface area contributed by atoms with Crippen molar-refractivity contribution in [3.8, 4) is 0 Å². The van der Waals surface area contributed by atoms with Crippen molar-refractivity contribution in [1.29, 1.82) is 0 Å². The van der Waals surface area contributed by atoms with Crippen molar-refractivity contribution in [2.24, 2.45) is 23.2 Å². The Hall–Kier alpha value is -0.860. The largest absolute Gasteiger partial charge is 0.332 e. The van der Waals surface area contributed by atoms with Gasteiger partial charge in [0.1, 0.15) is 0 Å². The number of nitrogens with zero attached hydrogens (tertiary/aromatic N) is 1. The first-order chi connectivity index (χ1) is 7.76. The zero-order valence-corrected chi connectivity index (χ0v) is 11.5. The number of carbonyl (C=O) groups excluding carboxylic acids is 2. The number of ketones is 1. The molecule has 1 aliphatic carbocycles. The molecule has 1 amide bonds. The second-order valence-corrected chi connectivity index (χ2v) is 6.56. The molecule has 3 fully saturated rings. The van der Waals surface area contributed by atoms with E-state index >= 15 is 0 Å². The maximum absolute atomic E-state index is 12.2. The summed E-state index contributed by atoms with van der Waals surface area (Å²) in [5.74, 6) is 1.20. The van der Waals surface area contributed by atoms with Gasteiger partial charge in [0.2, 0.25) is 5.91 Å². The number of piperidine rings is 2. The Balaban J connectivity index is 2.26. The summed E-state index contributed by atoms with van der Waals surface area (Å²) >= 11 is 0. The average Bonchev–Trinajstić information content (AvgIpc) is 2.26. The lowest BCUT2D eigenvalue weighted by atomic mass is 9.49. The van der Waals surface area contributed by atoms with E-state index < -0.39 is 0 Å². The lowest BCUT2D eigenvalue weighted by molar-refractivity contribution is -0.176. The molecule has 3 nitrogen and oxygen atoms in total. The summed E-state index contributed by atoms with van der Waals surface area (Å²) in [5.41, 5.74) is 0.226. The van der Waals surface area contributed by atoms with Gasteiger partial charge in [-0.15, -0.1) is 0 Å². The number of fused-ring (bicyclic) bond motifs is 2. The minimum Gasteiger partial charge on any atom is -0.332 e. The highest BCUT2D eigenvalue weighted by molar-refractivity contribution is 5.89. The van der Waals surface area contributed by atoms with Crippen LogP contribution in [0.25, 0.3) is 0 Å². The van der Waals surface area contributed by atoms with Crippen LogP contribution in [0.5, 0.6) is 0 Å². The van der Waals surface area contributed by atoms with Crippen LogP contribution < -0.4 is 0 Å². The topological polar surface area (TPSA) is 37.4 Å². The van der Waals surface area contributed by atoms with Crippen LogP contribution in [-0.4, -0.2) is 29.2 Å². The number of hydrogen-bond donors (Lipinski definition) is 0. The zero-order valence-electron chi connectivity index (χ0n) is 11.5. The molecular formula is C14H23NO2. The molecule has 2 heterocycles. The quantitative estimate of drug-likeness (QED) is 0.737. The van der Waals surface area contributed by atoms with Crippen molar-refractivity contribution in [2.75, 3.05) is 6.54 Å². The maximum Gasteiger partial charge on any atom is 0.225 e. The summed E-state index contributed by atoms with van der Waals surface area (Å²) in [5, 5.41) is 0. The molecule has 17 heavy (non-hydrogen) atoms. The molecule has 0 aromatic carbocycles. The smallest absolute Gasteiger partial charge is 0.225 e. The van der Waals surface area contributed by atoms with Crippen molar-refractivity contribution < 1.29 is 9.59 Å².